The maximum atomic E-state index is 12.4. The molecule has 152 valence electrons. The topological polar surface area (TPSA) is 61.1 Å². The van der Waals surface area contributed by atoms with Crippen LogP contribution in [0, 0.1) is 0 Å². The molecular weight excluding hydrogens is 467 g/mol. The van der Waals surface area contributed by atoms with Crippen LogP contribution in [0.15, 0.2) is 58.1 Å². The Morgan fingerprint density at radius 2 is 1.79 bits per heavy atom. The van der Waals surface area contributed by atoms with E-state index in [0.717, 1.165) is 45.0 Å². The van der Waals surface area contributed by atoms with Crippen molar-refractivity contribution in [2.24, 2.45) is 4.99 Å². The third kappa shape index (κ3) is 6.25. The first-order valence-corrected chi connectivity index (χ1v) is 9.68. The number of carbonyl (C=O) groups excluding carboxylic acids is 1. The van der Waals surface area contributed by atoms with Crippen molar-refractivity contribution in [3.63, 3.8) is 0 Å². The lowest BCUT2D eigenvalue weighted by atomic mass is 10.1. The Morgan fingerprint density at radius 3 is 2.43 bits per heavy atom. The Bertz CT molecular complexity index is 726. The van der Waals surface area contributed by atoms with Crippen LogP contribution in [0.1, 0.15) is 29.5 Å². The van der Waals surface area contributed by atoms with Crippen LogP contribution >= 0.6 is 24.0 Å². The molecule has 0 bridgehead atoms. The van der Waals surface area contributed by atoms with Gasteiger partial charge in [-0.2, -0.15) is 0 Å². The van der Waals surface area contributed by atoms with E-state index in [4.69, 9.17) is 9.41 Å². The molecule has 28 heavy (non-hydrogen) atoms. The van der Waals surface area contributed by atoms with E-state index in [1.165, 1.54) is 11.8 Å². The molecule has 0 saturated carbocycles. The van der Waals surface area contributed by atoms with Gasteiger partial charge in [0.15, 0.2) is 11.7 Å². The molecule has 0 spiro atoms. The van der Waals surface area contributed by atoms with Crippen LogP contribution < -0.4 is 5.32 Å². The molecule has 2 heterocycles. The number of piperazine rings is 1. The Morgan fingerprint density at radius 1 is 1.07 bits per heavy atom. The minimum Gasteiger partial charge on any atom is -0.459 e. The summed E-state index contributed by atoms with van der Waals surface area (Å²) in [4.78, 5) is 21.2. The van der Waals surface area contributed by atoms with Crippen molar-refractivity contribution in [1.82, 2.24) is 15.1 Å². The summed E-state index contributed by atoms with van der Waals surface area (Å²) in [6.07, 6.45) is 3.60. The summed E-state index contributed by atoms with van der Waals surface area (Å²) < 4.78 is 5.22. The van der Waals surface area contributed by atoms with Gasteiger partial charge in [-0.25, -0.2) is 0 Å². The van der Waals surface area contributed by atoms with Gasteiger partial charge in [0, 0.05) is 39.3 Å². The number of aliphatic imine (C=N–C) groups is 1. The van der Waals surface area contributed by atoms with Gasteiger partial charge in [0.2, 0.25) is 0 Å². The lowest BCUT2D eigenvalue weighted by Gasteiger charge is -2.36. The highest BCUT2D eigenvalue weighted by molar-refractivity contribution is 14.0. The van der Waals surface area contributed by atoms with Crippen molar-refractivity contribution in [1.29, 1.82) is 0 Å². The standard InChI is InChI=1S/C21H28N4O2.HI/c1-2-22-21(23-12-6-10-18-8-4-3-5-9-18)25-15-13-24(14-16-25)20(26)19-11-7-17-27-19;/h3-5,7-9,11,17H,2,6,10,12-16H2,1H3,(H,22,23);1H. The van der Waals surface area contributed by atoms with Gasteiger partial charge in [-0.05, 0) is 37.5 Å². The van der Waals surface area contributed by atoms with Gasteiger partial charge >= 0.3 is 0 Å². The molecule has 1 amide bonds. The number of hydrogen-bond donors (Lipinski definition) is 1. The van der Waals surface area contributed by atoms with Crippen LogP contribution in [0.25, 0.3) is 0 Å². The van der Waals surface area contributed by atoms with Gasteiger partial charge in [0.05, 0.1) is 6.26 Å². The van der Waals surface area contributed by atoms with E-state index in [9.17, 15) is 4.79 Å². The second-order valence-electron chi connectivity index (χ2n) is 6.58. The highest BCUT2D eigenvalue weighted by atomic mass is 127. The number of amides is 1. The molecule has 0 atom stereocenters. The van der Waals surface area contributed by atoms with E-state index in [1.54, 1.807) is 12.1 Å². The van der Waals surface area contributed by atoms with Crippen molar-refractivity contribution in [2.45, 2.75) is 19.8 Å². The summed E-state index contributed by atoms with van der Waals surface area (Å²) in [6.45, 7) is 6.61. The molecule has 3 rings (SSSR count). The minimum absolute atomic E-state index is 0. The maximum Gasteiger partial charge on any atom is 0.289 e. The molecule has 7 heteroatoms. The van der Waals surface area contributed by atoms with Gasteiger partial charge in [-0.3, -0.25) is 9.79 Å². The van der Waals surface area contributed by atoms with Crippen LogP contribution in [0.5, 0.6) is 0 Å². The molecule has 1 saturated heterocycles. The maximum absolute atomic E-state index is 12.4. The van der Waals surface area contributed by atoms with E-state index in [-0.39, 0.29) is 29.9 Å². The van der Waals surface area contributed by atoms with Crippen molar-refractivity contribution >= 4 is 35.8 Å². The van der Waals surface area contributed by atoms with Crippen LogP contribution in [-0.4, -0.2) is 60.9 Å². The Kier molecular flexibility index (Phi) is 9.33. The number of nitrogens with zero attached hydrogens (tertiary/aromatic N) is 3. The predicted octanol–water partition coefficient (Wildman–Crippen LogP) is 3.25. The Hall–Kier alpha value is -2.03. The quantitative estimate of drug-likeness (QED) is 0.289. The van der Waals surface area contributed by atoms with Gasteiger partial charge in [-0.15, -0.1) is 24.0 Å². The fourth-order valence-corrected chi connectivity index (χ4v) is 3.22. The third-order valence-corrected chi connectivity index (χ3v) is 4.66. The predicted molar refractivity (Wildman–Crippen MR) is 122 cm³/mol. The van der Waals surface area contributed by atoms with E-state index < -0.39 is 0 Å². The fourth-order valence-electron chi connectivity index (χ4n) is 3.22. The zero-order valence-corrected chi connectivity index (χ0v) is 18.7. The molecule has 1 N–H and O–H groups in total. The lowest BCUT2D eigenvalue weighted by Crippen LogP contribution is -2.53. The summed E-state index contributed by atoms with van der Waals surface area (Å²) in [6, 6.07) is 14.0. The summed E-state index contributed by atoms with van der Waals surface area (Å²) in [5, 5.41) is 3.38. The SMILES string of the molecule is CCNC(=NCCCc1ccccc1)N1CCN(C(=O)c2ccco2)CC1.I. The smallest absolute Gasteiger partial charge is 0.289 e. The van der Waals surface area contributed by atoms with Crippen molar-refractivity contribution in [3.05, 3.63) is 60.1 Å². The molecule has 0 unspecified atom stereocenters. The zero-order chi connectivity index (χ0) is 18.9. The molecule has 0 radical (unpaired) electrons. The van der Waals surface area contributed by atoms with Gasteiger partial charge in [0.25, 0.3) is 5.91 Å². The zero-order valence-electron chi connectivity index (χ0n) is 16.3. The number of aryl methyl sites for hydroxylation is 1. The summed E-state index contributed by atoms with van der Waals surface area (Å²) in [5.41, 5.74) is 1.35. The average Bonchev–Trinajstić information content (AvgIpc) is 3.26. The number of hydrogen-bond acceptors (Lipinski definition) is 3. The summed E-state index contributed by atoms with van der Waals surface area (Å²) in [7, 11) is 0. The number of guanidine groups is 1. The van der Waals surface area contributed by atoms with E-state index in [0.29, 0.717) is 18.8 Å². The Labute approximate surface area is 184 Å². The second kappa shape index (κ2) is 11.7. The molecular formula is C21H29IN4O2. The number of furan rings is 1. The normalized spacial score (nSPS) is 14.5. The van der Waals surface area contributed by atoms with Gasteiger partial charge in [0.1, 0.15) is 0 Å². The highest BCUT2D eigenvalue weighted by Crippen LogP contribution is 2.10. The summed E-state index contributed by atoms with van der Waals surface area (Å²) in [5.74, 6) is 1.31. The Balaban J connectivity index is 0.00000280. The molecule has 1 fully saturated rings. The van der Waals surface area contributed by atoms with Crippen LogP contribution in [-0.2, 0) is 6.42 Å². The highest BCUT2D eigenvalue weighted by Gasteiger charge is 2.25. The first-order valence-electron chi connectivity index (χ1n) is 9.68. The number of nitrogens with one attached hydrogen (secondary N) is 1. The number of benzene rings is 1. The monoisotopic (exact) mass is 496 g/mol. The second-order valence-corrected chi connectivity index (χ2v) is 6.58. The first-order chi connectivity index (χ1) is 13.3. The lowest BCUT2D eigenvalue weighted by molar-refractivity contribution is 0.0657. The van der Waals surface area contributed by atoms with Crippen molar-refractivity contribution < 1.29 is 9.21 Å². The van der Waals surface area contributed by atoms with E-state index >= 15 is 0 Å². The third-order valence-electron chi connectivity index (χ3n) is 4.66. The number of carbonyl (C=O) groups is 1. The minimum atomic E-state index is -0.0375. The van der Waals surface area contributed by atoms with Crippen molar-refractivity contribution in [2.75, 3.05) is 39.3 Å². The molecule has 1 aliphatic rings. The van der Waals surface area contributed by atoms with Crippen LogP contribution in [0.2, 0.25) is 0 Å². The van der Waals surface area contributed by atoms with Crippen molar-refractivity contribution in [3.8, 4) is 0 Å². The van der Waals surface area contributed by atoms with Crippen LogP contribution in [0.4, 0.5) is 0 Å². The van der Waals surface area contributed by atoms with Crippen LogP contribution in [0.3, 0.4) is 0 Å². The van der Waals surface area contributed by atoms with E-state index in [1.807, 2.05) is 11.0 Å². The molecule has 0 aliphatic carbocycles. The molecule has 1 aromatic heterocycles. The number of rotatable bonds is 6. The molecule has 1 aromatic carbocycles. The molecule has 1 aliphatic heterocycles. The first kappa shape index (κ1) is 22.3. The van der Waals surface area contributed by atoms with E-state index in [2.05, 4.69) is 41.4 Å². The molecule has 6 nitrogen and oxygen atoms in total. The van der Waals surface area contributed by atoms with Gasteiger partial charge in [-0.1, -0.05) is 30.3 Å². The summed E-state index contributed by atoms with van der Waals surface area (Å²) >= 11 is 0. The van der Waals surface area contributed by atoms with Gasteiger partial charge < -0.3 is 19.5 Å². The fraction of sp³-hybridized carbons (Fsp3) is 0.429. The molecule has 2 aromatic rings. The number of halogens is 1. The average molecular weight is 496 g/mol. The largest absolute Gasteiger partial charge is 0.459 e.